The number of benzene rings is 3. The lowest BCUT2D eigenvalue weighted by Gasteiger charge is -2.25. The highest BCUT2D eigenvalue weighted by Crippen LogP contribution is 2.36. The van der Waals surface area contributed by atoms with E-state index in [9.17, 15) is 4.79 Å². The Balaban J connectivity index is 1.37. The zero-order chi connectivity index (χ0) is 22.2. The van der Waals surface area contributed by atoms with Crippen LogP contribution in [0.1, 0.15) is 55.2 Å². The molecule has 0 amide bonds. The average Bonchev–Trinajstić information content (AvgIpc) is 2.82. The van der Waals surface area contributed by atoms with Crippen molar-refractivity contribution in [2.75, 3.05) is 6.61 Å². The van der Waals surface area contributed by atoms with Crippen LogP contribution in [0.4, 0.5) is 0 Å². The van der Waals surface area contributed by atoms with E-state index in [1.807, 2.05) is 67.6 Å². The molecule has 0 bridgehead atoms. The van der Waals surface area contributed by atoms with Crippen molar-refractivity contribution in [3.05, 3.63) is 89.5 Å². The Hall–Kier alpha value is -3.27. The summed E-state index contributed by atoms with van der Waals surface area (Å²) < 4.78 is 17.3. The molecule has 4 heteroatoms. The maximum absolute atomic E-state index is 12.1. The largest absolute Gasteiger partial charge is 0.489 e. The summed E-state index contributed by atoms with van der Waals surface area (Å²) in [7, 11) is 0. The lowest BCUT2D eigenvalue weighted by Crippen LogP contribution is -2.16. The molecule has 0 N–H and O–H groups in total. The van der Waals surface area contributed by atoms with Gasteiger partial charge in [0.1, 0.15) is 23.9 Å². The topological polar surface area (TPSA) is 44.8 Å². The summed E-state index contributed by atoms with van der Waals surface area (Å²) in [6.07, 6.45) is 4.45. The Labute approximate surface area is 190 Å². The molecule has 4 nitrogen and oxygen atoms in total. The fourth-order valence-corrected chi connectivity index (χ4v) is 4.16. The fraction of sp³-hybridized carbons (Fsp3) is 0.321. The van der Waals surface area contributed by atoms with Crippen LogP contribution in [-0.2, 0) is 22.6 Å². The summed E-state index contributed by atoms with van der Waals surface area (Å²) in [5, 5.41) is 0. The minimum absolute atomic E-state index is 0.0948. The van der Waals surface area contributed by atoms with Gasteiger partial charge in [-0.05, 0) is 84.7 Å². The molecule has 0 heterocycles. The van der Waals surface area contributed by atoms with Gasteiger partial charge in [0.25, 0.3) is 0 Å². The normalized spacial score (nSPS) is 15.0. The van der Waals surface area contributed by atoms with Crippen LogP contribution in [0.2, 0.25) is 0 Å². The van der Waals surface area contributed by atoms with E-state index >= 15 is 0 Å². The van der Waals surface area contributed by atoms with Crippen LogP contribution in [0.3, 0.4) is 0 Å². The predicted octanol–water partition coefficient (Wildman–Crippen LogP) is 6.82. The molecule has 3 aromatic carbocycles. The van der Waals surface area contributed by atoms with E-state index in [0.717, 1.165) is 48.5 Å². The van der Waals surface area contributed by atoms with Crippen LogP contribution in [-0.4, -0.2) is 12.6 Å². The third-order valence-corrected chi connectivity index (χ3v) is 5.72. The Morgan fingerprint density at radius 1 is 0.938 bits per heavy atom. The molecule has 0 aromatic heterocycles. The van der Waals surface area contributed by atoms with Crippen LogP contribution in [0.25, 0.3) is 0 Å². The van der Waals surface area contributed by atoms with Gasteiger partial charge in [0.05, 0.1) is 13.0 Å². The molecule has 0 saturated carbocycles. The Bertz CT molecular complexity index is 1030. The fourth-order valence-electron chi connectivity index (χ4n) is 4.16. The highest BCUT2D eigenvalue weighted by molar-refractivity contribution is 5.70. The molecule has 0 aliphatic heterocycles. The smallest absolute Gasteiger partial charge is 0.306 e. The molecule has 1 atom stereocenters. The minimum Gasteiger partial charge on any atom is -0.489 e. The van der Waals surface area contributed by atoms with E-state index < -0.39 is 0 Å². The predicted molar refractivity (Wildman–Crippen MR) is 125 cm³/mol. The van der Waals surface area contributed by atoms with Gasteiger partial charge < -0.3 is 14.2 Å². The van der Waals surface area contributed by atoms with Gasteiger partial charge in [-0.25, -0.2) is 0 Å². The van der Waals surface area contributed by atoms with Gasteiger partial charge in [-0.2, -0.15) is 0 Å². The van der Waals surface area contributed by atoms with Crippen LogP contribution in [0, 0.1) is 0 Å². The first-order valence-electron chi connectivity index (χ1n) is 11.4. The van der Waals surface area contributed by atoms with Gasteiger partial charge in [-0.1, -0.05) is 43.3 Å². The van der Waals surface area contributed by atoms with E-state index in [1.54, 1.807) is 0 Å². The molecule has 4 rings (SSSR count). The van der Waals surface area contributed by atoms with Crippen LogP contribution in [0.5, 0.6) is 17.2 Å². The molecule has 0 spiro atoms. The molecule has 1 aliphatic rings. The van der Waals surface area contributed by atoms with E-state index in [-0.39, 0.29) is 11.9 Å². The maximum Gasteiger partial charge on any atom is 0.306 e. The quantitative estimate of drug-likeness (QED) is 0.349. The number of aryl methyl sites for hydroxylation is 1. The third kappa shape index (κ3) is 5.91. The molecule has 0 saturated heterocycles. The molecule has 1 unspecified atom stereocenters. The van der Waals surface area contributed by atoms with Gasteiger partial charge >= 0.3 is 5.97 Å². The SMILES string of the molecule is CCCOC(=O)CC1CCCc2cc(OCc3cccc(Oc4ccccc4)c3)ccc21. The van der Waals surface area contributed by atoms with Crippen molar-refractivity contribution in [2.24, 2.45) is 0 Å². The summed E-state index contributed by atoms with van der Waals surface area (Å²) in [4.78, 5) is 12.1. The number of para-hydroxylation sites is 1. The Morgan fingerprint density at radius 3 is 2.62 bits per heavy atom. The van der Waals surface area contributed by atoms with Gasteiger partial charge in [-0.3, -0.25) is 4.79 Å². The summed E-state index contributed by atoms with van der Waals surface area (Å²) in [6, 6.07) is 24.0. The van der Waals surface area contributed by atoms with Crippen LogP contribution < -0.4 is 9.47 Å². The van der Waals surface area contributed by atoms with Gasteiger partial charge in [0.15, 0.2) is 0 Å². The first-order chi connectivity index (χ1) is 15.7. The molecule has 1 aliphatic carbocycles. The molecule has 3 aromatic rings. The third-order valence-electron chi connectivity index (χ3n) is 5.72. The van der Waals surface area contributed by atoms with E-state index in [0.29, 0.717) is 19.6 Å². The maximum atomic E-state index is 12.1. The van der Waals surface area contributed by atoms with Crippen molar-refractivity contribution in [2.45, 2.75) is 51.6 Å². The summed E-state index contributed by atoms with van der Waals surface area (Å²) in [5.41, 5.74) is 3.59. The second-order valence-corrected chi connectivity index (χ2v) is 8.23. The van der Waals surface area contributed by atoms with Crippen molar-refractivity contribution >= 4 is 5.97 Å². The van der Waals surface area contributed by atoms with Crippen LogP contribution in [0.15, 0.2) is 72.8 Å². The Morgan fingerprint density at radius 2 is 1.78 bits per heavy atom. The molecular formula is C28H30O4. The molecule has 0 fully saturated rings. The second-order valence-electron chi connectivity index (χ2n) is 8.23. The van der Waals surface area contributed by atoms with Gasteiger partial charge in [0.2, 0.25) is 0 Å². The van der Waals surface area contributed by atoms with E-state index in [2.05, 4.69) is 12.1 Å². The zero-order valence-corrected chi connectivity index (χ0v) is 18.6. The van der Waals surface area contributed by atoms with Crippen molar-refractivity contribution in [1.82, 2.24) is 0 Å². The average molecular weight is 431 g/mol. The zero-order valence-electron chi connectivity index (χ0n) is 18.6. The van der Waals surface area contributed by atoms with Gasteiger partial charge in [0, 0.05) is 0 Å². The molecular weight excluding hydrogens is 400 g/mol. The number of hydrogen-bond acceptors (Lipinski definition) is 4. The number of carbonyl (C=O) groups excluding carboxylic acids is 1. The van der Waals surface area contributed by atoms with Crippen molar-refractivity contribution in [1.29, 1.82) is 0 Å². The first-order valence-corrected chi connectivity index (χ1v) is 11.4. The number of esters is 1. The second kappa shape index (κ2) is 10.9. The van der Waals surface area contributed by atoms with E-state index in [4.69, 9.17) is 14.2 Å². The number of hydrogen-bond donors (Lipinski definition) is 0. The summed E-state index contributed by atoms with van der Waals surface area (Å²) in [6.45, 7) is 2.98. The highest BCUT2D eigenvalue weighted by Gasteiger charge is 2.23. The first kappa shape index (κ1) is 21.9. The number of ether oxygens (including phenoxy) is 3. The minimum atomic E-state index is -0.0948. The van der Waals surface area contributed by atoms with Crippen molar-refractivity contribution in [3.63, 3.8) is 0 Å². The van der Waals surface area contributed by atoms with Gasteiger partial charge in [-0.15, -0.1) is 0 Å². The summed E-state index contributed by atoms with van der Waals surface area (Å²) >= 11 is 0. The number of carbonyl (C=O) groups is 1. The number of rotatable bonds is 9. The molecule has 166 valence electrons. The van der Waals surface area contributed by atoms with Crippen molar-refractivity contribution < 1.29 is 19.0 Å². The molecule has 32 heavy (non-hydrogen) atoms. The molecule has 0 radical (unpaired) electrons. The Kier molecular flexibility index (Phi) is 7.44. The lowest BCUT2D eigenvalue weighted by molar-refractivity contribution is -0.144. The van der Waals surface area contributed by atoms with Crippen LogP contribution >= 0.6 is 0 Å². The highest BCUT2D eigenvalue weighted by atomic mass is 16.5. The van der Waals surface area contributed by atoms with E-state index in [1.165, 1.54) is 11.1 Å². The monoisotopic (exact) mass is 430 g/mol. The number of fused-ring (bicyclic) bond motifs is 1. The lowest BCUT2D eigenvalue weighted by atomic mass is 9.81. The summed E-state index contributed by atoms with van der Waals surface area (Å²) in [5.74, 6) is 2.60. The standard InChI is InChI=1S/C28H30O4/c1-2-16-30-28(29)19-23-10-7-9-22-18-25(14-15-27(22)23)31-20-21-8-6-13-26(17-21)32-24-11-4-3-5-12-24/h3-6,8,11-15,17-18,23H,2,7,9-10,16,19-20H2,1H3. The van der Waals surface area contributed by atoms with Crippen molar-refractivity contribution in [3.8, 4) is 17.2 Å².